The van der Waals surface area contributed by atoms with Gasteiger partial charge >= 0.3 is 10.3 Å². The number of unbranched alkanes of at least 4 members (excludes halogenated alkanes) is 8. The van der Waals surface area contributed by atoms with Crippen molar-refractivity contribution in [3.05, 3.63) is 29.3 Å². The number of rotatable bonds is 14. The van der Waals surface area contributed by atoms with Gasteiger partial charge in [-0.1, -0.05) is 104 Å². The maximum atomic E-state index is 12.9. The van der Waals surface area contributed by atoms with Crippen LogP contribution in [0.5, 0.6) is 0 Å². The van der Waals surface area contributed by atoms with Crippen LogP contribution in [0.25, 0.3) is 0 Å². The van der Waals surface area contributed by atoms with Gasteiger partial charge in [0.15, 0.2) is 0 Å². The van der Waals surface area contributed by atoms with Gasteiger partial charge in [0.25, 0.3) is 0 Å². The summed E-state index contributed by atoms with van der Waals surface area (Å²) in [5, 5.41) is 0. The monoisotopic (exact) mass is 439 g/mol. The van der Waals surface area contributed by atoms with Crippen molar-refractivity contribution >= 4 is 21.9 Å². The highest BCUT2D eigenvalue weighted by Gasteiger charge is 2.32. The van der Waals surface area contributed by atoms with Gasteiger partial charge in [-0.3, -0.25) is 9.35 Å². The number of benzene rings is 1. The highest BCUT2D eigenvalue weighted by Crippen LogP contribution is 2.37. The van der Waals surface area contributed by atoms with Crippen LogP contribution in [0.1, 0.15) is 122 Å². The van der Waals surface area contributed by atoms with Crippen LogP contribution in [0.4, 0.5) is 5.69 Å². The molecule has 1 aromatic carbocycles. The molecule has 0 fully saturated rings. The molecule has 0 aliphatic carbocycles. The summed E-state index contributed by atoms with van der Waals surface area (Å²) in [6.45, 7) is 10.0. The smallest absolute Gasteiger partial charge is 0.273 e. The van der Waals surface area contributed by atoms with E-state index >= 15 is 0 Å². The van der Waals surface area contributed by atoms with Gasteiger partial charge in [0.05, 0.1) is 5.69 Å². The molecule has 0 radical (unpaired) electrons. The molecule has 5 nitrogen and oxygen atoms in total. The van der Waals surface area contributed by atoms with Gasteiger partial charge in [0, 0.05) is 6.42 Å². The first-order valence-corrected chi connectivity index (χ1v) is 12.9. The minimum Gasteiger partial charge on any atom is -0.273 e. The minimum absolute atomic E-state index is 0.0171. The number of amides is 1. The van der Waals surface area contributed by atoms with Gasteiger partial charge in [0.2, 0.25) is 5.91 Å². The number of carbonyl (C=O) groups excluding carboxylic acids is 1. The normalized spacial score (nSPS) is 12.0. The number of carbonyl (C=O) groups is 1. The van der Waals surface area contributed by atoms with Gasteiger partial charge in [-0.05, 0) is 29.4 Å². The Labute approximate surface area is 184 Å². The van der Waals surface area contributed by atoms with E-state index in [1.165, 1.54) is 32.1 Å². The van der Waals surface area contributed by atoms with Crippen LogP contribution in [0.2, 0.25) is 0 Å². The molecule has 0 aliphatic rings. The van der Waals surface area contributed by atoms with Gasteiger partial charge in [-0.25, -0.2) is 0 Å². The van der Waals surface area contributed by atoms with Crippen molar-refractivity contribution in [2.45, 2.75) is 111 Å². The topological polar surface area (TPSA) is 74.7 Å². The SMILES string of the molecule is CCCCCCCCCCCC(=O)N(c1c(C(C)C)cccc1C(C)C)S(=O)(=O)O. The molecule has 1 N–H and O–H groups in total. The highest BCUT2D eigenvalue weighted by molar-refractivity contribution is 7.88. The van der Waals surface area contributed by atoms with Crippen molar-refractivity contribution < 1.29 is 17.8 Å². The van der Waals surface area contributed by atoms with E-state index in [2.05, 4.69) is 6.92 Å². The van der Waals surface area contributed by atoms with Gasteiger partial charge in [-0.15, -0.1) is 0 Å². The molecule has 1 amide bonds. The predicted molar refractivity (Wildman–Crippen MR) is 125 cm³/mol. The fourth-order valence-electron chi connectivity index (χ4n) is 3.80. The summed E-state index contributed by atoms with van der Waals surface area (Å²) < 4.78 is 35.1. The largest absolute Gasteiger partial charge is 0.366 e. The van der Waals surface area contributed by atoms with Crippen LogP contribution in [0.15, 0.2) is 18.2 Å². The Kier molecular flexibility index (Phi) is 11.6. The molecule has 0 unspecified atom stereocenters. The molecule has 172 valence electrons. The van der Waals surface area contributed by atoms with Crippen molar-refractivity contribution in [2.24, 2.45) is 0 Å². The standard InChI is InChI=1S/C24H41NO4S/c1-6-7-8-9-10-11-12-13-14-18-23(26)25(30(27,28)29)24-21(19(2)3)16-15-17-22(24)20(4)5/h15-17,19-20H,6-14,18H2,1-5H3,(H,27,28,29). The molecule has 0 bridgehead atoms. The molecule has 0 saturated carbocycles. The lowest BCUT2D eigenvalue weighted by atomic mass is 9.92. The van der Waals surface area contributed by atoms with Crippen molar-refractivity contribution in [3.63, 3.8) is 0 Å². The fourth-order valence-corrected chi connectivity index (χ4v) is 4.59. The zero-order chi connectivity index (χ0) is 22.7. The second-order valence-corrected chi connectivity index (χ2v) is 10.1. The Morgan fingerprint density at radius 1 is 0.867 bits per heavy atom. The molecular weight excluding hydrogens is 398 g/mol. The maximum Gasteiger partial charge on any atom is 0.366 e. The number of hydrogen-bond donors (Lipinski definition) is 1. The van der Waals surface area contributed by atoms with Crippen LogP contribution >= 0.6 is 0 Å². The highest BCUT2D eigenvalue weighted by atomic mass is 32.2. The molecule has 0 atom stereocenters. The minimum atomic E-state index is -4.71. The van der Waals surface area contributed by atoms with E-state index in [1.54, 1.807) is 0 Å². The summed E-state index contributed by atoms with van der Waals surface area (Å²) >= 11 is 0. The lowest BCUT2D eigenvalue weighted by Crippen LogP contribution is -2.38. The zero-order valence-electron chi connectivity index (χ0n) is 19.5. The van der Waals surface area contributed by atoms with E-state index in [9.17, 15) is 17.8 Å². The Morgan fingerprint density at radius 3 is 1.70 bits per heavy atom. The first kappa shape index (κ1) is 26.6. The molecule has 0 heterocycles. The lowest BCUT2D eigenvalue weighted by molar-refractivity contribution is -0.117. The second kappa shape index (κ2) is 13.1. The molecule has 1 aromatic rings. The van der Waals surface area contributed by atoms with Crippen LogP contribution in [0, 0.1) is 0 Å². The first-order valence-electron chi connectivity index (χ1n) is 11.5. The molecule has 0 aliphatic heterocycles. The van der Waals surface area contributed by atoms with Crippen molar-refractivity contribution in [2.75, 3.05) is 4.31 Å². The Bertz CT molecular complexity index is 730. The number of hydrogen-bond acceptors (Lipinski definition) is 3. The van der Waals surface area contributed by atoms with Crippen LogP contribution in [-0.2, 0) is 15.1 Å². The van der Waals surface area contributed by atoms with Crippen LogP contribution in [-0.4, -0.2) is 18.9 Å². The number of anilines is 1. The number of para-hydroxylation sites is 1. The second-order valence-electron chi connectivity index (χ2n) is 8.81. The molecule has 0 spiro atoms. The third-order valence-corrected chi connectivity index (χ3v) is 6.34. The molecule has 0 saturated heterocycles. The van der Waals surface area contributed by atoms with E-state index in [1.807, 2.05) is 45.9 Å². The molecular formula is C24H41NO4S. The van der Waals surface area contributed by atoms with E-state index in [0.29, 0.717) is 16.4 Å². The van der Waals surface area contributed by atoms with Gasteiger partial charge in [0.1, 0.15) is 0 Å². The van der Waals surface area contributed by atoms with E-state index < -0.39 is 16.2 Å². The first-order chi connectivity index (χ1) is 14.1. The summed E-state index contributed by atoms with van der Waals surface area (Å²) in [5.74, 6) is -0.526. The lowest BCUT2D eigenvalue weighted by Gasteiger charge is -2.27. The van der Waals surface area contributed by atoms with Gasteiger partial charge < -0.3 is 0 Å². The van der Waals surface area contributed by atoms with E-state index in [4.69, 9.17) is 0 Å². The van der Waals surface area contributed by atoms with E-state index in [0.717, 1.165) is 30.4 Å². The van der Waals surface area contributed by atoms with Crippen LogP contribution in [0.3, 0.4) is 0 Å². The fraction of sp³-hybridized carbons (Fsp3) is 0.708. The third-order valence-electron chi connectivity index (χ3n) is 5.50. The predicted octanol–water partition coefficient (Wildman–Crippen LogP) is 6.99. The third kappa shape index (κ3) is 8.38. The summed E-state index contributed by atoms with van der Waals surface area (Å²) in [6.07, 6.45) is 10.1. The van der Waals surface area contributed by atoms with Crippen LogP contribution < -0.4 is 4.31 Å². The molecule has 1 rings (SSSR count). The molecule has 30 heavy (non-hydrogen) atoms. The molecule has 0 aromatic heterocycles. The van der Waals surface area contributed by atoms with E-state index in [-0.39, 0.29) is 18.3 Å². The summed E-state index contributed by atoms with van der Waals surface area (Å²) in [7, 11) is -4.71. The zero-order valence-corrected chi connectivity index (χ0v) is 20.3. The van der Waals surface area contributed by atoms with Gasteiger partial charge in [-0.2, -0.15) is 12.7 Å². The average Bonchev–Trinajstić information content (AvgIpc) is 2.65. The van der Waals surface area contributed by atoms with Crippen molar-refractivity contribution in [1.82, 2.24) is 0 Å². The molecule has 6 heteroatoms. The Morgan fingerprint density at radius 2 is 1.30 bits per heavy atom. The van der Waals surface area contributed by atoms with Crippen molar-refractivity contribution in [3.8, 4) is 0 Å². The summed E-state index contributed by atoms with van der Waals surface area (Å²) in [6, 6.07) is 5.53. The maximum absolute atomic E-state index is 12.9. The average molecular weight is 440 g/mol. The Hall–Kier alpha value is -1.40. The summed E-state index contributed by atoms with van der Waals surface area (Å²) in [4.78, 5) is 12.9. The number of nitrogens with zero attached hydrogens (tertiary/aromatic N) is 1. The summed E-state index contributed by atoms with van der Waals surface area (Å²) in [5.41, 5.74) is 1.82. The van der Waals surface area contributed by atoms with Crippen molar-refractivity contribution in [1.29, 1.82) is 0 Å². The quantitative estimate of drug-likeness (QED) is 0.250. The Balaban J connectivity index is 2.86.